The molecule has 10 heteroatoms. The Morgan fingerprint density at radius 3 is 2.63 bits per heavy atom. The lowest BCUT2D eigenvalue weighted by Crippen LogP contribution is -2.50. The zero-order chi connectivity index (χ0) is 19.6. The van der Waals surface area contributed by atoms with E-state index in [1.807, 2.05) is 0 Å². The largest absolute Gasteiger partial charge is 0.490 e. The SMILES string of the molecule is CC(NS(=O)(=O)c1ccc2c(c1)OCCCO2)C(=O)N1CCC[C@@H]1C(=O)O. The second kappa shape index (κ2) is 7.73. The van der Waals surface area contributed by atoms with E-state index in [1.54, 1.807) is 0 Å². The van der Waals surface area contributed by atoms with Crippen LogP contribution in [0, 0.1) is 0 Å². The van der Waals surface area contributed by atoms with Gasteiger partial charge in [0.2, 0.25) is 15.9 Å². The highest BCUT2D eigenvalue weighted by Gasteiger charge is 2.37. The first-order chi connectivity index (χ1) is 12.8. The number of sulfonamides is 1. The Morgan fingerprint density at radius 2 is 1.93 bits per heavy atom. The molecule has 1 aromatic rings. The highest BCUT2D eigenvalue weighted by atomic mass is 32.2. The minimum absolute atomic E-state index is 0.0531. The zero-order valence-electron chi connectivity index (χ0n) is 14.9. The molecule has 0 bridgehead atoms. The van der Waals surface area contributed by atoms with E-state index in [9.17, 15) is 23.1 Å². The van der Waals surface area contributed by atoms with Crippen molar-refractivity contribution in [3.8, 4) is 11.5 Å². The Hall–Kier alpha value is -2.33. The van der Waals surface area contributed by atoms with Crippen molar-refractivity contribution >= 4 is 21.9 Å². The van der Waals surface area contributed by atoms with Crippen LogP contribution in [0.4, 0.5) is 0 Å². The molecular formula is C17H22N2O7S. The number of fused-ring (bicyclic) bond motifs is 1. The molecule has 0 radical (unpaired) electrons. The molecule has 1 aromatic carbocycles. The first-order valence-electron chi connectivity index (χ1n) is 8.75. The number of ether oxygens (including phenoxy) is 2. The molecule has 2 heterocycles. The maximum absolute atomic E-state index is 12.7. The van der Waals surface area contributed by atoms with Crippen LogP contribution in [0.5, 0.6) is 11.5 Å². The summed E-state index contributed by atoms with van der Waals surface area (Å²) >= 11 is 0. The van der Waals surface area contributed by atoms with Crippen molar-refractivity contribution in [3.05, 3.63) is 18.2 Å². The molecule has 148 valence electrons. The van der Waals surface area contributed by atoms with Crippen LogP contribution in [-0.4, -0.2) is 62.1 Å². The van der Waals surface area contributed by atoms with Crippen LogP contribution in [0.1, 0.15) is 26.2 Å². The van der Waals surface area contributed by atoms with E-state index in [0.717, 1.165) is 0 Å². The Balaban J connectivity index is 1.75. The van der Waals surface area contributed by atoms with E-state index in [1.165, 1.54) is 30.0 Å². The van der Waals surface area contributed by atoms with E-state index in [0.29, 0.717) is 50.5 Å². The molecule has 2 aliphatic rings. The first-order valence-corrected chi connectivity index (χ1v) is 10.2. The third kappa shape index (κ3) is 4.16. The molecule has 0 spiro atoms. The molecule has 27 heavy (non-hydrogen) atoms. The maximum Gasteiger partial charge on any atom is 0.326 e. The Kier molecular flexibility index (Phi) is 5.56. The molecule has 2 N–H and O–H groups in total. The second-order valence-corrected chi connectivity index (χ2v) is 8.24. The molecule has 9 nitrogen and oxygen atoms in total. The fourth-order valence-electron chi connectivity index (χ4n) is 3.20. The molecule has 0 saturated carbocycles. The van der Waals surface area contributed by atoms with Crippen LogP contribution in [0.15, 0.2) is 23.1 Å². The zero-order valence-corrected chi connectivity index (χ0v) is 15.7. The normalized spacial score (nSPS) is 20.8. The second-order valence-electron chi connectivity index (χ2n) is 6.53. The lowest BCUT2D eigenvalue weighted by molar-refractivity contribution is -0.148. The number of amides is 1. The molecule has 1 fully saturated rings. The minimum Gasteiger partial charge on any atom is -0.490 e. The van der Waals surface area contributed by atoms with Gasteiger partial charge in [-0.2, -0.15) is 4.72 Å². The molecule has 2 aliphatic heterocycles. The molecule has 1 unspecified atom stereocenters. The van der Waals surface area contributed by atoms with Crippen LogP contribution in [0.3, 0.4) is 0 Å². The summed E-state index contributed by atoms with van der Waals surface area (Å²) < 4.78 is 38.6. The third-order valence-corrected chi connectivity index (χ3v) is 6.09. The molecule has 1 saturated heterocycles. The van der Waals surface area contributed by atoms with Crippen molar-refractivity contribution in [2.75, 3.05) is 19.8 Å². The summed E-state index contributed by atoms with van der Waals surface area (Å²) in [6.45, 7) is 2.61. The first kappa shape index (κ1) is 19.4. The summed E-state index contributed by atoms with van der Waals surface area (Å²) in [6, 6.07) is 2.25. The number of hydrogen-bond donors (Lipinski definition) is 2. The van der Waals surface area contributed by atoms with Gasteiger partial charge in [-0.15, -0.1) is 0 Å². The van der Waals surface area contributed by atoms with Crippen LogP contribution in [0.2, 0.25) is 0 Å². The fraction of sp³-hybridized carbons (Fsp3) is 0.529. The Bertz CT molecular complexity index is 840. The van der Waals surface area contributed by atoms with Gasteiger partial charge in [0.25, 0.3) is 0 Å². The van der Waals surface area contributed by atoms with Crippen molar-refractivity contribution in [2.24, 2.45) is 0 Å². The molecule has 1 amide bonds. The van der Waals surface area contributed by atoms with Crippen molar-refractivity contribution in [1.82, 2.24) is 9.62 Å². The molecular weight excluding hydrogens is 376 g/mol. The van der Waals surface area contributed by atoms with Gasteiger partial charge in [-0.3, -0.25) is 4.79 Å². The highest BCUT2D eigenvalue weighted by Crippen LogP contribution is 2.32. The highest BCUT2D eigenvalue weighted by molar-refractivity contribution is 7.89. The number of carboxylic acid groups (broad SMARTS) is 1. The number of rotatable bonds is 5. The van der Waals surface area contributed by atoms with Gasteiger partial charge in [-0.25, -0.2) is 13.2 Å². The topological polar surface area (TPSA) is 122 Å². The number of nitrogens with zero attached hydrogens (tertiary/aromatic N) is 1. The molecule has 0 aromatic heterocycles. The van der Waals surface area contributed by atoms with E-state index >= 15 is 0 Å². The Morgan fingerprint density at radius 1 is 1.22 bits per heavy atom. The quantitative estimate of drug-likeness (QED) is 0.744. The van der Waals surface area contributed by atoms with Gasteiger partial charge in [0.1, 0.15) is 6.04 Å². The fourth-order valence-corrected chi connectivity index (χ4v) is 4.41. The van der Waals surface area contributed by atoms with Gasteiger partial charge in [0.05, 0.1) is 24.2 Å². The predicted octanol–water partition coefficient (Wildman–Crippen LogP) is 0.590. The van der Waals surface area contributed by atoms with E-state index in [2.05, 4.69) is 4.72 Å². The van der Waals surface area contributed by atoms with Crippen LogP contribution < -0.4 is 14.2 Å². The molecule has 2 atom stereocenters. The van der Waals surface area contributed by atoms with E-state index in [-0.39, 0.29) is 4.90 Å². The lowest BCUT2D eigenvalue weighted by atomic mass is 10.2. The number of carboxylic acids is 1. The summed E-state index contributed by atoms with van der Waals surface area (Å²) in [5, 5.41) is 9.20. The lowest BCUT2D eigenvalue weighted by Gasteiger charge is -2.25. The summed E-state index contributed by atoms with van der Waals surface area (Å²) in [5.74, 6) is -0.839. The number of nitrogens with one attached hydrogen (secondary N) is 1. The van der Waals surface area contributed by atoms with Crippen molar-refractivity contribution in [2.45, 2.75) is 43.2 Å². The number of aliphatic carboxylic acids is 1. The van der Waals surface area contributed by atoms with Crippen molar-refractivity contribution < 1.29 is 32.6 Å². The number of carbonyl (C=O) groups excluding carboxylic acids is 1. The number of carbonyl (C=O) groups is 2. The van der Waals surface area contributed by atoms with Crippen LogP contribution >= 0.6 is 0 Å². The number of benzene rings is 1. The average molecular weight is 398 g/mol. The van der Waals surface area contributed by atoms with Gasteiger partial charge in [0, 0.05) is 19.0 Å². The van der Waals surface area contributed by atoms with Gasteiger partial charge in [0.15, 0.2) is 11.5 Å². The third-order valence-electron chi connectivity index (χ3n) is 4.55. The van der Waals surface area contributed by atoms with Gasteiger partial charge >= 0.3 is 5.97 Å². The monoisotopic (exact) mass is 398 g/mol. The van der Waals surface area contributed by atoms with Gasteiger partial charge in [-0.05, 0) is 31.9 Å². The average Bonchev–Trinajstić information content (AvgIpc) is 2.99. The number of hydrogen-bond acceptors (Lipinski definition) is 6. The van der Waals surface area contributed by atoms with Gasteiger partial charge < -0.3 is 19.5 Å². The minimum atomic E-state index is -4.00. The summed E-state index contributed by atoms with van der Waals surface area (Å²) in [6.07, 6.45) is 1.63. The van der Waals surface area contributed by atoms with Gasteiger partial charge in [-0.1, -0.05) is 0 Å². The Labute approximate surface area is 157 Å². The molecule has 3 rings (SSSR count). The van der Waals surface area contributed by atoms with Crippen molar-refractivity contribution in [1.29, 1.82) is 0 Å². The summed E-state index contributed by atoms with van der Waals surface area (Å²) in [5.41, 5.74) is 0. The van der Waals surface area contributed by atoms with E-state index < -0.39 is 34.0 Å². The maximum atomic E-state index is 12.7. The van der Waals surface area contributed by atoms with Crippen LogP contribution in [0.25, 0.3) is 0 Å². The van der Waals surface area contributed by atoms with Crippen LogP contribution in [-0.2, 0) is 19.6 Å². The van der Waals surface area contributed by atoms with Crippen molar-refractivity contribution in [3.63, 3.8) is 0 Å². The van der Waals surface area contributed by atoms with E-state index in [4.69, 9.17) is 9.47 Å². The standard InChI is InChI=1S/C17H22N2O7S/c1-11(16(20)19-7-2-4-13(19)17(21)22)18-27(23,24)12-5-6-14-15(10-12)26-9-3-8-25-14/h5-6,10-11,13,18H,2-4,7-9H2,1H3,(H,21,22)/t11?,13-/m1/s1. The smallest absolute Gasteiger partial charge is 0.326 e. The molecule has 0 aliphatic carbocycles. The predicted molar refractivity (Wildman–Crippen MR) is 94.2 cm³/mol. The summed E-state index contributed by atoms with van der Waals surface area (Å²) in [4.78, 5) is 24.9. The summed E-state index contributed by atoms with van der Waals surface area (Å²) in [7, 11) is -4.00. The number of likely N-dealkylation sites (tertiary alicyclic amines) is 1.